The lowest BCUT2D eigenvalue weighted by atomic mass is 10.0. The molecule has 1 atom stereocenters. The third-order valence-electron chi connectivity index (χ3n) is 4.65. The van der Waals surface area contributed by atoms with E-state index < -0.39 is 11.9 Å². The van der Waals surface area contributed by atoms with Gasteiger partial charge in [0.2, 0.25) is 5.91 Å². The molecule has 0 spiro atoms. The first-order valence-electron chi connectivity index (χ1n) is 9.70. The van der Waals surface area contributed by atoms with Crippen molar-refractivity contribution in [2.45, 2.75) is 32.9 Å². The van der Waals surface area contributed by atoms with Crippen LogP contribution in [0, 0.1) is 5.92 Å². The van der Waals surface area contributed by atoms with Gasteiger partial charge in [-0.15, -0.1) is 0 Å². The Morgan fingerprint density at radius 2 is 1.87 bits per heavy atom. The molecule has 30 heavy (non-hydrogen) atoms. The Kier molecular flexibility index (Phi) is 6.90. The fourth-order valence-electron chi connectivity index (χ4n) is 3.10. The van der Waals surface area contributed by atoms with Crippen molar-refractivity contribution >= 4 is 34.3 Å². The van der Waals surface area contributed by atoms with Crippen molar-refractivity contribution in [1.82, 2.24) is 10.3 Å². The molecule has 0 bridgehead atoms. The second kappa shape index (κ2) is 9.59. The molecule has 0 saturated heterocycles. The summed E-state index contributed by atoms with van der Waals surface area (Å²) in [6, 6.07) is 13.6. The van der Waals surface area contributed by atoms with Crippen LogP contribution in [-0.2, 0) is 11.4 Å². The molecule has 3 N–H and O–H groups in total. The van der Waals surface area contributed by atoms with Gasteiger partial charge in [-0.25, -0.2) is 0 Å². The van der Waals surface area contributed by atoms with Crippen molar-refractivity contribution in [2.24, 2.45) is 11.7 Å². The Balaban J connectivity index is 1.66. The molecule has 1 heterocycles. The molecule has 0 radical (unpaired) electrons. The number of aromatic nitrogens is 1. The van der Waals surface area contributed by atoms with Gasteiger partial charge < -0.3 is 15.8 Å². The van der Waals surface area contributed by atoms with E-state index in [1.807, 2.05) is 38.1 Å². The summed E-state index contributed by atoms with van der Waals surface area (Å²) in [5, 5.41) is 4.15. The maximum Gasteiger partial charge on any atom is 0.251 e. The van der Waals surface area contributed by atoms with Gasteiger partial charge in [-0.2, -0.15) is 0 Å². The smallest absolute Gasteiger partial charge is 0.251 e. The van der Waals surface area contributed by atoms with E-state index in [1.165, 1.54) is 0 Å². The molecule has 7 heteroatoms. The fourth-order valence-corrected chi connectivity index (χ4v) is 3.32. The van der Waals surface area contributed by atoms with E-state index in [2.05, 4.69) is 10.3 Å². The van der Waals surface area contributed by atoms with Crippen LogP contribution in [0.25, 0.3) is 10.9 Å². The van der Waals surface area contributed by atoms with E-state index in [0.29, 0.717) is 34.9 Å². The lowest BCUT2D eigenvalue weighted by Gasteiger charge is -2.17. The molecule has 3 aromatic rings. The van der Waals surface area contributed by atoms with Gasteiger partial charge >= 0.3 is 0 Å². The molecule has 3 rings (SSSR count). The number of halogens is 1. The summed E-state index contributed by atoms with van der Waals surface area (Å²) in [6.45, 7) is 4.25. The van der Waals surface area contributed by atoms with E-state index in [-0.39, 0.29) is 11.8 Å². The zero-order valence-corrected chi connectivity index (χ0v) is 17.6. The number of nitrogens with zero attached hydrogens (tertiary/aromatic N) is 1. The molecule has 2 amide bonds. The minimum atomic E-state index is -0.689. The molecule has 6 nitrogen and oxygen atoms in total. The van der Waals surface area contributed by atoms with Gasteiger partial charge in [0, 0.05) is 17.1 Å². The average Bonchev–Trinajstić information content (AvgIpc) is 2.73. The monoisotopic (exact) mass is 425 g/mol. The summed E-state index contributed by atoms with van der Waals surface area (Å²) < 4.78 is 5.92. The zero-order chi connectivity index (χ0) is 21.7. The second-order valence-electron chi connectivity index (χ2n) is 7.49. The minimum Gasteiger partial charge on any atom is -0.487 e. The molecule has 0 aliphatic heterocycles. The van der Waals surface area contributed by atoms with Crippen LogP contribution in [0.3, 0.4) is 0 Å². The number of hydrogen-bond donors (Lipinski definition) is 2. The highest BCUT2D eigenvalue weighted by atomic mass is 35.5. The molecule has 1 unspecified atom stereocenters. The number of nitrogens with one attached hydrogen (secondary N) is 1. The van der Waals surface area contributed by atoms with Crippen molar-refractivity contribution < 1.29 is 14.3 Å². The van der Waals surface area contributed by atoms with Crippen LogP contribution in [0.5, 0.6) is 5.75 Å². The number of hydrogen-bond acceptors (Lipinski definition) is 4. The molecular formula is C23H24ClN3O3. The molecular weight excluding hydrogens is 402 g/mol. The van der Waals surface area contributed by atoms with Gasteiger partial charge in [-0.05, 0) is 54.3 Å². The predicted molar refractivity (Wildman–Crippen MR) is 117 cm³/mol. The van der Waals surface area contributed by atoms with Crippen LogP contribution in [-0.4, -0.2) is 22.8 Å². The first-order valence-corrected chi connectivity index (χ1v) is 10.1. The van der Waals surface area contributed by atoms with E-state index in [1.54, 1.807) is 30.5 Å². The summed E-state index contributed by atoms with van der Waals surface area (Å²) in [5.74, 6) is 0.00116. The van der Waals surface area contributed by atoms with Crippen molar-refractivity contribution in [3.63, 3.8) is 0 Å². The number of carbonyl (C=O) groups is 2. The number of amides is 2. The Morgan fingerprint density at radius 1 is 1.13 bits per heavy atom. The molecule has 156 valence electrons. The van der Waals surface area contributed by atoms with E-state index in [0.717, 1.165) is 10.9 Å². The van der Waals surface area contributed by atoms with Crippen molar-refractivity contribution in [1.29, 1.82) is 0 Å². The van der Waals surface area contributed by atoms with Crippen LogP contribution < -0.4 is 15.8 Å². The van der Waals surface area contributed by atoms with E-state index in [9.17, 15) is 9.59 Å². The number of ether oxygens (including phenoxy) is 1. The number of fused-ring (bicyclic) bond motifs is 1. The topological polar surface area (TPSA) is 94.3 Å². The van der Waals surface area contributed by atoms with Crippen molar-refractivity contribution in [2.75, 3.05) is 0 Å². The van der Waals surface area contributed by atoms with Crippen molar-refractivity contribution in [3.05, 3.63) is 70.9 Å². The van der Waals surface area contributed by atoms with Gasteiger partial charge in [0.1, 0.15) is 23.9 Å². The average molecular weight is 426 g/mol. The first-order chi connectivity index (χ1) is 14.3. The summed E-state index contributed by atoms with van der Waals surface area (Å²) in [7, 11) is 0. The fraction of sp³-hybridized carbons (Fsp3) is 0.261. The van der Waals surface area contributed by atoms with E-state index in [4.69, 9.17) is 22.1 Å². The number of rotatable bonds is 8. The third-order valence-corrected chi connectivity index (χ3v) is 4.98. The van der Waals surface area contributed by atoms with Crippen LogP contribution in [0.15, 0.2) is 54.7 Å². The van der Waals surface area contributed by atoms with Crippen LogP contribution >= 0.6 is 11.6 Å². The quantitative estimate of drug-likeness (QED) is 0.568. The normalized spacial score (nSPS) is 12.0. The molecule has 1 aromatic heterocycles. The van der Waals surface area contributed by atoms with E-state index >= 15 is 0 Å². The Morgan fingerprint density at radius 3 is 2.53 bits per heavy atom. The predicted octanol–water partition coefficient (Wildman–Crippen LogP) is 4.10. The molecule has 0 aliphatic rings. The molecule has 0 saturated carbocycles. The highest BCUT2D eigenvalue weighted by Gasteiger charge is 2.20. The SMILES string of the molecule is CC(C)CC(NC(=O)c1ccc(COc2ccc(Cl)c3cccnc23)cc1)C(N)=O. The summed E-state index contributed by atoms with van der Waals surface area (Å²) >= 11 is 6.21. The van der Waals surface area contributed by atoms with Crippen LogP contribution in [0.4, 0.5) is 0 Å². The number of primary amides is 1. The number of pyridine rings is 1. The third kappa shape index (κ3) is 5.27. The Labute approximate surface area is 180 Å². The highest BCUT2D eigenvalue weighted by Crippen LogP contribution is 2.30. The molecule has 0 fully saturated rings. The highest BCUT2D eigenvalue weighted by molar-refractivity contribution is 6.35. The number of carbonyl (C=O) groups excluding carboxylic acids is 2. The first kappa shape index (κ1) is 21.6. The Bertz CT molecular complexity index is 1050. The van der Waals surface area contributed by atoms with Gasteiger partial charge in [0.05, 0.1) is 5.02 Å². The maximum absolute atomic E-state index is 12.4. The maximum atomic E-state index is 12.4. The van der Waals surface area contributed by atoms with Gasteiger partial charge in [0.15, 0.2) is 0 Å². The zero-order valence-electron chi connectivity index (χ0n) is 16.9. The number of benzene rings is 2. The summed E-state index contributed by atoms with van der Waals surface area (Å²) in [6.07, 6.45) is 2.19. The summed E-state index contributed by atoms with van der Waals surface area (Å²) in [4.78, 5) is 28.4. The van der Waals surface area contributed by atoms with Crippen LogP contribution in [0.1, 0.15) is 36.2 Å². The van der Waals surface area contributed by atoms with Crippen LogP contribution in [0.2, 0.25) is 5.02 Å². The molecule has 2 aromatic carbocycles. The van der Waals surface area contributed by atoms with Gasteiger partial charge in [-0.1, -0.05) is 37.6 Å². The standard InChI is InChI=1S/C23H24ClN3O3/c1-14(2)12-19(22(25)28)27-23(29)16-7-5-15(6-8-16)13-30-20-10-9-18(24)17-4-3-11-26-21(17)20/h3-11,14,19H,12-13H2,1-2H3,(H2,25,28)(H,27,29). The lowest BCUT2D eigenvalue weighted by Crippen LogP contribution is -2.45. The largest absolute Gasteiger partial charge is 0.487 e. The molecule has 0 aliphatic carbocycles. The van der Waals surface area contributed by atoms with Gasteiger partial charge in [0.25, 0.3) is 5.91 Å². The lowest BCUT2D eigenvalue weighted by molar-refractivity contribution is -0.120. The number of nitrogens with two attached hydrogens (primary N) is 1. The summed E-state index contributed by atoms with van der Waals surface area (Å²) in [5.41, 5.74) is 7.43. The second-order valence-corrected chi connectivity index (χ2v) is 7.90. The van der Waals surface area contributed by atoms with Crippen molar-refractivity contribution in [3.8, 4) is 5.75 Å². The minimum absolute atomic E-state index is 0.237. The van der Waals surface area contributed by atoms with Gasteiger partial charge in [-0.3, -0.25) is 14.6 Å². The Hall–Kier alpha value is -3.12.